The number of hydrogen-bond acceptors (Lipinski definition) is 4. The number of carbonyl (C=O) groups excluding carboxylic acids is 1. The average Bonchev–Trinajstić information content (AvgIpc) is 2.53. The fourth-order valence-electron chi connectivity index (χ4n) is 4.53. The summed E-state index contributed by atoms with van der Waals surface area (Å²) in [5.41, 5.74) is 0.615. The summed E-state index contributed by atoms with van der Waals surface area (Å²) < 4.78 is 0. The quantitative estimate of drug-likeness (QED) is 0.797. The monoisotopic (exact) mass is 338 g/mol. The van der Waals surface area contributed by atoms with Crippen molar-refractivity contribution >= 4 is 5.91 Å². The molecule has 24 heavy (non-hydrogen) atoms. The van der Waals surface area contributed by atoms with E-state index in [1.165, 1.54) is 71.7 Å². The van der Waals surface area contributed by atoms with Crippen LogP contribution in [-0.4, -0.2) is 86.1 Å². The molecule has 1 spiro atoms. The molecule has 1 saturated carbocycles. The Morgan fingerprint density at radius 1 is 1.00 bits per heavy atom. The van der Waals surface area contributed by atoms with E-state index in [-0.39, 0.29) is 5.91 Å². The fourth-order valence-corrected chi connectivity index (χ4v) is 4.53. The minimum atomic E-state index is 0.111. The molecule has 2 saturated heterocycles. The second-order valence-electron chi connectivity index (χ2n) is 7.70. The molecule has 3 aliphatic rings. The van der Waals surface area contributed by atoms with E-state index in [4.69, 9.17) is 0 Å². The molecule has 0 radical (unpaired) electrons. The summed E-state index contributed by atoms with van der Waals surface area (Å²) in [7, 11) is 0. The Kier molecular flexibility index (Phi) is 7.51. The Morgan fingerprint density at radius 3 is 2.08 bits per heavy atom. The minimum Gasteiger partial charge on any atom is -0.356 e. The zero-order valence-electron chi connectivity index (χ0n) is 16.3. The van der Waals surface area contributed by atoms with Crippen molar-refractivity contribution in [3.63, 3.8) is 0 Å². The molecule has 0 unspecified atom stereocenters. The molecule has 2 heterocycles. The first-order valence-electron chi connectivity index (χ1n) is 10.00. The highest BCUT2D eigenvalue weighted by molar-refractivity contribution is 5.72. The van der Waals surface area contributed by atoms with Crippen LogP contribution in [0.2, 0.25) is 0 Å². The lowest BCUT2D eigenvalue weighted by molar-refractivity contribution is -0.121. The van der Waals surface area contributed by atoms with E-state index in [0.29, 0.717) is 5.41 Å². The highest BCUT2D eigenvalue weighted by Crippen LogP contribution is 2.51. The Bertz CT molecular complexity index is 379. The van der Waals surface area contributed by atoms with Crippen LogP contribution in [0.1, 0.15) is 40.5 Å². The summed E-state index contributed by atoms with van der Waals surface area (Å²) in [6.07, 6.45) is 2.64. The predicted octanol–water partition coefficient (Wildman–Crippen LogP) is 1.50. The van der Waals surface area contributed by atoms with Crippen LogP contribution in [0.4, 0.5) is 0 Å². The van der Waals surface area contributed by atoms with Crippen LogP contribution in [0.25, 0.3) is 0 Å². The molecule has 5 heteroatoms. The van der Waals surface area contributed by atoms with E-state index in [9.17, 15) is 4.79 Å². The Labute approximate surface area is 148 Å². The standard InChI is InChI=1S/C17H32N4O.C2H6/c1-3-19-4-6-20(7-5-19)8-9-21-13-17(14-21)10-16(11-17)12-18-15(2)22;1-2/h16H,3-14H2,1-2H3,(H,18,22);1-2H3. The van der Waals surface area contributed by atoms with Crippen molar-refractivity contribution in [2.24, 2.45) is 11.3 Å². The van der Waals surface area contributed by atoms with Gasteiger partial charge >= 0.3 is 0 Å². The van der Waals surface area contributed by atoms with Crippen LogP contribution >= 0.6 is 0 Å². The summed E-state index contributed by atoms with van der Waals surface area (Å²) in [6, 6.07) is 0. The number of carbonyl (C=O) groups is 1. The first-order valence-corrected chi connectivity index (χ1v) is 10.00. The lowest BCUT2D eigenvalue weighted by atomic mass is 9.57. The second kappa shape index (κ2) is 9.16. The van der Waals surface area contributed by atoms with Crippen LogP contribution < -0.4 is 5.32 Å². The number of nitrogens with zero attached hydrogens (tertiary/aromatic N) is 3. The highest BCUT2D eigenvalue weighted by atomic mass is 16.1. The zero-order chi connectivity index (χ0) is 17.6. The number of hydrogen-bond donors (Lipinski definition) is 1. The van der Waals surface area contributed by atoms with Gasteiger partial charge in [0, 0.05) is 65.8 Å². The molecule has 0 atom stereocenters. The van der Waals surface area contributed by atoms with Gasteiger partial charge in [-0.25, -0.2) is 0 Å². The van der Waals surface area contributed by atoms with E-state index < -0.39 is 0 Å². The van der Waals surface area contributed by atoms with Gasteiger partial charge in [-0.05, 0) is 30.7 Å². The summed E-state index contributed by atoms with van der Waals surface area (Å²) >= 11 is 0. The normalized spacial score (nSPS) is 24.7. The molecule has 1 N–H and O–H groups in total. The van der Waals surface area contributed by atoms with Crippen LogP contribution in [0.15, 0.2) is 0 Å². The molecule has 5 nitrogen and oxygen atoms in total. The summed E-state index contributed by atoms with van der Waals surface area (Å²) in [5.74, 6) is 0.840. The summed E-state index contributed by atoms with van der Waals surface area (Å²) in [5, 5.41) is 2.96. The Balaban J connectivity index is 0.00000100. The van der Waals surface area contributed by atoms with Crippen LogP contribution in [0.3, 0.4) is 0 Å². The number of amides is 1. The number of nitrogens with one attached hydrogen (secondary N) is 1. The van der Waals surface area contributed by atoms with Crippen molar-refractivity contribution in [1.82, 2.24) is 20.0 Å². The van der Waals surface area contributed by atoms with Crippen LogP contribution in [0.5, 0.6) is 0 Å². The van der Waals surface area contributed by atoms with Crippen LogP contribution in [-0.2, 0) is 4.79 Å². The fraction of sp³-hybridized carbons (Fsp3) is 0.947. The van der Waals surface area contributed by atoms with E-state index in [1.54, 1.807) is 6.92 Å². The zero-order valence-corrected chi connectivity index (χ0v) is 16.3. The third kappa shape index (κ3) is 5.17. The molecule has 0 aromatic carbocycles. The molecule has 1 aliphatic carbocycles. The van der Waals surface area contributed by atoms with Gasteiger partial charge in [0.2, 0.25) is 5.91 Å². The molecule has 3 rings (SSSR count). The van der Waals surface area contributed by atoms with E-state index in [0.717, 1.165) is 12.5 Å². The smallest absolute Gasteiger partial charge is 0.216 e. The molecule has 0 aromatic heterocycles. The molecule has 3 fully saturated rings. The summed E-state index contributed by atoms with van der Waals surface area (Å²) in [6.45, 7) is 20.0. The average molecular weight is 339 g/mol. The third-order valence-corrected chi connectivity index (χ3v) is 5.85. The van der Waals surface area contributed by atoms with Gasteiger partial charge in [-0.3, -0.25) is 9.69 Å². The molecule has 0 aromatic rings. The number of likely N-dealkylation sites (N-methyl/N-ethyl adjacent to an activating group) is 1. The number of likely N-dealkylation sites (tertiary alicyclic amines) is 1. The first kappa shape index (κ1) is 19.7. The maximum atomic E-state index is 10.9. The number of rotatable bonds is 6. The third-order valence-electron chi connectivity index (χ3n) is 5.85. The van der Waals surface area contributed by atoms with E-state index in [2.05, 4.69) is 26.9 Å². The predicted molar refractivity (Wildman–Crippen MR) is 100 cm³/mol. The topological polar surface area (TPSA) is 38.8 Å². The lowest BCUT2D eigenvalue weighted by Gasteiger charge is -2.59. The molecule has 2 aliphatic heterocycles. The Morgan fingerprint density at radius 2 is 1.54 bits per heavy atom. The maximum Gasteiger partial charge on any atom is 0.216 e. The Hall–Kier alpha value is -0.650. The lowest BCUT2D eigenvalue weighted by Crippen LogP contribution is -2.64. The second-order valence-corrected chi connectivity index (χ2v) is 7.70. The van der Waals surface area contributed by atoms with Crippen molar-refractivity contribution in [2.45, 2.75) is 40.5 Å². The first-order chi connectivity index (χ1) is 11.6. The van der Waals surface area contributed by atoms with Crippen molar-refractivity contribution < 1.29 is 4.79 Å². The molecule has 140 valence electrons. The van der Waals surface area contributed by atoms with Crippen molar-refractivity contribution in [1.29, 1.82) is 0 Å². The SMILES string of the molecule is CC.CCN1CCN(CCN2CC3(CC(CNC(C)=O)C3)C2)CC1. The molecule has 0 bridgehead atoms. The van der Waals surface area contributed by atoms with Crippen LogP contribution in [0, 0.1) is 11.3 Å². The highest BCUT2D eigenvalue weighted by Gasteiger charge is 2.51. The van der Waals surface area contributed by atoms with Gasteiger partial charge in [-0.2, -0.15) is 0 Å². The molecular formula is C19H38N4O. The van der Waals surface area contributed by atoms with E-state index >= 15 is 0 Å². The van der Waals surface area contributed by atoms with Gasteiger partial charge in [0.05, 0.1) is 0 Å². The minimum absolute atomic E-state index is 0.111. The molecular weight excluding hydrogens is 300 g/mol. The van der Waals surface area contributed by atoms with Gasteiger partial charge in [-0.15, -0.1) is 0 Å². The number of piperazine rings is 1. The largest absolute Gasteiger partial charge is 0.356 e. The van der Waals surface area contributed by atoms with E-state index in [1.807, 2.05) is 13.8 Å². The van der Waals surface area contributed by atoms with Crippen molar-refractivity contribution in [3.05, 3.63) is 0 Å². The van der Waals surface area contributed by atoms with Gasteiger partial charge < -0.3 is 15.1 Å². The maximum absolute atomic E-state index is 10.9. The van der Waals surface area contributed by atoms with Gasteiger partial charge in [0.25, 0.3) is 0 Å². The van der Waals surface area contributed by atoms with Crippen molar-refractivity contribution in [2.75, 3.05) is 65.4 Å². The van der Waals surface area contributed by atoms with Gasteiger partial charge in [0.15, 0.2) is 0 Å². The van der Waals surface area contributed by atoms with Crippen molar-refractivity contribution in [3.8, 4) is 0 Å². The van der Waals surface area contributed by atoms with Gasteiger partial charge in [-0.1, -0.05) is 20.8 Å². The van der Waals surface area contributed by atoms with Gasteiger partial charge in [0.1, 0.15) is 0 Å². The summed E-state index contributed by atoms with van der Waals surface area (Å²) in [4.78, 5) is 18.7. The molecule has 1 amide bonds.